The van der Waals surface area contributed by atoms with E-state index < -0.39 is 17.5 Å². The molecule has 0 bridgehead atoms. The minimum atomic E-state index is -0.873. The molecule has 21 heavy (non-hydrogen) atoms. The van der Waals surface area contributed by atoms with E-state index in [9.17, 15) is 24.6 Å². The van der Waals surface area contributed by atoms with Gasteiger partial charge >= 0.3 is 5.97 Å². The van der Waals surface area contributed by atoms with Gasteiger partial charge in [0.25, 0.3) is 0 Å². The van der Waals surface area contributed by atoms with Crippen LogP contribution in [0.3, 0.4) is 0 Å². The number of rotatable bonds is 3. The molecule has 1 saturated heterocycles. The Morgan fingerprint density at radius 2 is 1.71 bits per heavy atom. The molecule has 1 aliphatic rings. The molecule has 2 N–H and O–H groups in total. The summed E-state index contributed by atoms with van der Waals surface area (Å²) in [7, 11) is 1.13. The van der Waals surface area contributed by atoms with Gasteiger partial charge in [0.05, 0.1) is 13.7 Å². The van der Waals surface area contributed by atoms with E-state index >= 15 is 0 Å². The third-order valence-electron chi connectivity index (χ3n) is 3.27. The van der Waals surface area contributed by atoms with Crippen LogP contribution in [0.1, 0.15) is 35.2 Å². The van der Waals surface area contributed by atoms with Crippen LogP contribution in [0.2, 0.25) is 0 Å². The van der Waals surface area contributed by atoms with Crippen molar-refractivity contribution in [3.8, 4) is 11.5 Å². The number of aromatic hydroxyl groups is 2. The number of hydrogen-bond donors (Lipinski definition) is 2. The Kier molecular flexibility index (Phi) is 4.11. The molecule has 2 amide bonds. The number of piperidine rings is 1. The smallest absolute Gasteiger partial charge is 0.345 e. The SMILES string of the molecule is COC(=O)c1c(O)cc(CN2C(=O)CCCC2=O)cc1O. The Hall–Kier alpha value is -2.57. The number of imide groups is 1. The quantitative estimate of drug-likeness (QED) is 0.634. The molecule has 0 aromatic heterocycles. The van der Waals surface area contributed by atoms with E-state index in [4.69, 9.17) is 0 Å². The van der Waals surface area contributed by atoms with Gasteiger partial charge in [0.2, 0.25) is 11.8 Å². The minimum absolute atomic E-state index is 0.0553. The maximum Gasteiger partial charge on any atom is 0.345 e. The Bertz CT molecular complexity index is 570. The lowest BCUT2D eigenvalue weighted by Crippen LogP contribution is -2.39. The lowest BCUT2D eigenvalue weighted by molar-refractivity contribution is -0.148. The van der Waals surface area contributed by atoms with Crippen molar-refractivity contribution in [3.63, 3.8) is 0 Å². The van der Waals surface area contributed by atoms with Crippen molar-refractivity contribution >= 4 is 17.8 Å². The monoisotopic (exact) mass is 293 g/mol. The minimum Gasteiger partial charge on any atom is -0.507 e. The Balaban J connectivity index is 2.27. The van der Waals surface area contributed by atoms with Crippen LogP contribution in [0.25, 0.3) is 0 Å². The molecule has 0 atom stereocenters. The van der Waals surface area contributed by atoms with Crippen LogP contribution in [0.15, 0.2) is 12.1 Å². The van der Waals surface area contributed by atoms with Gasteiger partial charge < -0.3 is 14.9 Å². The van der Waals surface area contributed by atoms with Gasteiger partial charge in [-0.3, -0.25) is 14.5 Å². The van der Waals surface area contributed by atoms with Crippen LogP contribution in [-0.4, -0.2) is 40.0 Å². The van der Waals surface area contributed by atoms with Crippen LogP contribution in [0.5, 0.6) is 11.5 Å². The van der Waals surface area contributed by atoms with E-state index in [0.717, 1.165) is 12.0 Å². The molecule has 1 fully saturated rings. The first kappa shape index (κ1) is 14.8. The predicted molar refractivity (Wildman–Crippen MR) is 70.5 cm³/mol. The molecule has 2 rings (SSSR count). The highest BCUT2D eigenvalue weighted by Crippen LogP contribution is 2.30. The highest BCUT2D eigenvalue weighted by atomic mass is 16.5. The molecule has 7 nitrogen and oxygen atoms in total. The Morgan fingerprint density at radius 3 is 2.19 bits per heavy atom. The zero-order chi connectivity index (χ0) is 15.6. The lowest BCUT2D eigenvalue weighted by atomic mass is 10.1. The number of methoxy groups -OCH3 is 1. The number of carbonyl (C=O) groups is 3. The second-order valence-corrected chi connectivity index (χ2v) is 4.73. The van der Waals surface area contributed by atoms with E-state index in [1.807, 2.05) is 0 Å². The number of nitrogens with zero attached hydrogens (tertiary/aromatic N) is 1. The number of carbonyl (C=O) groups excluding carboxylic acids is 3. The first-order valence-corrected chi connectivity index (χ1v) is 6.40. The number of phenolic OH excluding ortho intramolecular Hbond substituents is 2. The van der Waals surface area contributed by atoms with Crippen molar-refractivity contribution in [3.05, 3.63) is 23.3 Å². The van der Waals surface area contributed by atoms with E-state index in [-0.39, 0.29) is 23.9 Å². The summed E-state index contributed by atoms with van der Waals surface area (Å²) < 4.78 is 4.44. The van der Waals surface area contributed by atoms with Crippen molar-refractivity contribution < 1.29 is 29.3 Å². The summed E-state index contributed by atoms with van der Waals surface area (Å²) in [5, 5.41) is 19.6. The first-order valence-electron chi connectivity index (χ1n) is 6.40. The molecule has 0 unspecified atom stereocenters. The third kappa shape index (κ3) is 2.96. The number of phenols is 2. The van der Waals surface area contributed by atoms with Gasteiger partial charge in [0.15, 0.2) is 0 Å². The van der Waals surface area contributed by atoms with Crippen LogP contribution in [0, 0.1) is 0 Å². The van der Waals surface area contributed by atoms with Crippen molar-refractivity contribution in [2.75, 3.05) is 7.11 Å². The van der Waals surface area contributed by atoms with Crippen LogP contribution >= 0.6 is 0 Å². The molecule has 0 radical (unpaired) electrons. The van der Waals surface area contributed by atoms with E-state index in [0.29, 0.717) is 24.8 Å². The van der Waals surface area contributed by atoms with Crippen molar-refractivity contribution in [2.24, 2.45) is 0 Å². The summed E-state index contributed by atoms with van der Waals surface area (Å²) >= 11 is 0. The lowest BCUT2D eigenvalue weighted by Gasteiger charge is -2.25. The van der Waals surface area contributed by atoms with Gasteiger partial charge in [0, 0.05) is 12.8 Å². The first-order chi connectivity index (χ1) is 9.93. The van der Waals surface area contributed by atoms with Gasteiger partial charge in [-0.1, -0.05) is 0 Å². The molecule has 0 spiro atoms. The molecule has 0 aliphatic carbocycles. The van der Waals surface area contributed by atoms with Crippen molar-refractivity contribution in [1.29, 1.82) is 0 Å². The third-order valence-corrected chi connectivity index (χ3v) is 3.27. The normalized spacial score (nSPS) is 15.2. The fourth-order valence-corrected chi connectivity index (χ4v) is 2.23. The second kappa shape index (κ2) is 5.82. The number of hydrogen-bond acceptors (Lipinski definition) is 6. The number of amides is 2. The average Bonchev–Trinajstić information content (AvgIpc) is 2.42. The summed E-state index contributed by atoms with van der Waals surface area (Å²) in [6.45, 7) is -0.0553. The zero-order valence-electron chi connectivity index (χ0n) is 11.5. The summed E-state index contributed by atoms with van der Waals surface area (Å²) in [4.78, 5) is 35.9. The Morgan fingerprint density at radius 1 is 1.19 bits per heavy atom. The molecule has 112 valence electrons. The molecule has 1 aromatic carbocycles. The largest absolute Gasteiger partial charge is 0.507 e. The summed E-state index contributed by atoms with van der Waals surface area (Å²) in [6, 6.07) is 2.45. The summed E-state index contributed by atoms with van der Waals surface area (Å²) in [5.41, 5.74) is -0.00111. The fourth-order valence-electron chi connectivity index (χ4n) is 2.23. The number of benzene rings is 1. The van der Waals surface area contributed by atoms with Crippen LogP contribution in [0.4, 0.5) is 0 Å². The fraction of sp³-hybridized carbons (Fsp3) is 0.357. The molecular weight excluding hydrogens is 278 g/mol. The topological polar surface area (TPSA) is 104 Å². The van der Waals surface area contributed by atoms with Gasteiger partial charge in [-0.05, 0) is 24.1 Å². The number of esters is 1. The number of likely N-dealkylation sites (tertiary alicyclic amines) is 1. The molecule has 7 heteroatoms. The molecule has 1 heterocycles. The van der Waals surface area contributed by atoms with Gasteiger partial charge in [-0.15, -0.1) is 0 Å². The van der Waals surface area contributed by atoms with Gasteiger partial charge in [0.1, 0.15) is 17.1 Å². The van der Waals surface area contributed by atoms with E-state index in [1.165, 1.54) is 12.1 Å². The van der Waals surface area contributed by atoms with Crippen molar-refractivity contribution in [2.45, 2.75) is 25.8 Å². The van der Waals surface area contributed by atoms with E-state index in [2.05, 4.69) is 4.74 Å². The molecule has 1 aliphatic heterocycles. The number of ether oxygens (including phenoxy) is 1. The Labute approximate surface area is 120 Å². The molecule has 1 aromatic rings. The van der Waals surface area contributed by atoms with Gasteiger partial charge in [-0.25, -0.2) is 4.79 Å². The second-order valence-electron chi connectivity index (χ2n) is 4.73. The summed E-state index contributed by atoms with van der Waals surface area (Å²) in [5.74, 6) is -2.38. The predicted octanol–water partition coefficient (Wildman–Crippen LogP) is 0.923. The highest BCUT2D eigenvalue weighted by molar-refractivity contribution is 5.98. The van der Waals surface area contributed by atoms with Crippen molar-refractivity contribution in [1.82, 2.24) is 4.90 Å². The zero-order valence-corrected chi connectivity index (χ0v) is 11.5. The van der Waals surface area contributed by atoms with Crippen LogP contribution < -0.4 is 0 Å². The highest BCUT2D eigenvalue weighted by Gasteiger charge is 2.27. The maximum absolute atomic E-state index is 11.7. The average molecular weight is 293 g/mol. The molecular formula is C14H15NO6. The van der Waals surface area contributed by atoms with E-state index in [1.54, 1.807) is 0 Å². The maximum atomic E-state index is 11.7. The van der Waals surface area contributed by atoms with Crippen LogP contribution in [-0.2, 0) is 20.9 Å². The molecule has 0 saturated carbocycles. The summed E-state index contributed by atoms with van der Waals surface area (Å²) in [6.07, 6.45) is 1.12. The van der Waals surface area contributed by atoms with Gasteiger partial charge in [-0.2, -0.15) is 0 Å². The standard InChI is InChI=1S/C14H15NO6/c1-21-14(20)13-9(16)5-8(6-10(13)17)7-15-11(18)3-2-4-12(15)19/h5-6,16-17H,2-4,7H2,1H3.